The van der Waals surface area contributed by atoms with E-state index in [9.17, 15) is 14.4 Å². The lowest BCUT2D eigenvalue weighted by atomic mass is 9.77. The Morgan fingerprint density at radius 3 is 1.95 bits per heavy atom. The average molecular weight is 600 g/mol. The number of H-pyrrole nitrogens is 2. The fourth-order valence-electron chi connectivity index (χ4n) is 6.32. The van der Waals surface area contributed by atoms with Crippen molar-refractivity contribution in [3.05, 3.63) is 66.7 Å². The van der Waals surface area contributed by atoms with Crippen LogP contribution in [0, 0.1) is 11.3 Å². The molecule has 2 amide bonds. The van der Waals surface area contributed by atoms with Crippen LogP contribution in [0.4, 0.5) is 9.59 Å². The van der Waals surface area contributed by atoms with Crippen molar-refractivity contribution in [3.63, 3.8) is 0 Å². The van der Waals surface area contributed by atoms with Gasteiger partial charge in [-0.3, -0.25) is 9.69 Å². The number of benzene rings is 2. The van der Waals surface area contributed by atoms with Crippen LogP contribution >= 0.6 is 0 Å². The Morgan fingerprint density at radius 1 is 0.864 bits per heavy atom. The second-order valence-corrected chi connectivity index (χ2v) is 11.9. The van der Waals surface area contributed by atoms with Gasteiger partial charge < -0.3 is 30.9 Å². The van der Waals surface area contributed by atoms with Crippen molar-refractivity contribution in [2.75, 3.05) is 6.54 Å². The summed E-state index contributed by atoms with van der Waals surface area (Å²) in [6.45, 7) is 8.53. The number of nitrogens with two attached hydrogens (primary N) is 2. The summed E-state index contributed by atoms with van der Waals surface area (Å²) in [6, 6.07) is 16.0. The van der Waals surface area contributed by atoms with E-state index in [1.54, 1.807) is 20.0 Å². The molecule has 12 nitrogen and oxygen atoms in total. The van der Waals surface area contributed by atoms with Gasteiger partial charge in [0, 0.05) is 6.04 Å². The fraction of sp³-hybridized carbons (Fsp3) is 0.344. The predicted octanol–water partition coefficient (Wildman–Crippen LogP) is 5.40. The molecule has 12 heteroatoms. The van der Waals surface area contributed by atoms with E-state index < -0.39 is 23.6 Å². The van der Waals surface area contributed by atoms with Crippen molar-refractivity contribution >= 4 is 18.2 Å². The Balaban J connectivity index is 1.30. The van der Waals surface area contributed by atoms with Gasteiger partial charge in [-0.25, -0.2) is 19.6 Å². The molecule has 44 heavy (non-hydrogen) atoms. The third kappa shape index (κ3) is 6.35. The highest BCUT2D eigenvalue weighted by molar-refractivity contribution is 5.87. The first kappa shape index (κ1) is 30.5. The molecule has 0 bridgehead atoms. The quantitative estimate of drug-likeness (QED) is 0.146. The van der Waals surface area contributed by atoms with Gasteiger partial charge in [0.25, 0.3) is 0 Å². The number of amides is 2. The standard InChI is InChI=1S/C32H37N7O5/c1-18(2)26(32(3,4)28(40)43-29(33)41)39-15-5-6-25(39)27-35-16-23(37-27)21-11-7-19(8-12-21)20-9-13-22(14-10-20)24-17-36-31(38-24)44-30(34)42/h7-14,16-18,25-26H,5-6,15H2,1-4H3,(H2,33,41)(H2,34,42)(H,35,37)(H,36,38)/t25?,26-/m1/s1. The lowest BCUT2D eigenvalue weighted by Crippen LogP contribution is -2.52. The van der Waals surface area contributed by atoms with Crippen LogP contribution in [0.15, 0.2) is 60.9 Å². The van der Waals surface area contributed by atoms with E-state index >= 15 is 0 Å². The average Bonchev–Trinajstić information content (AvgIpc) is 3.74. The van der Waals surface area contributed by atoms with E-state index in [1.807, 2.05) is 30.5 Å². The van der Waals surface area contributed by atoms with Crippen molar-refractivity contribution < 1.29 is 23.9 Å². The number of esters is 1. The van der Waals surface area contributed by atoms with Gasteiger partial charge in [0.1, 0.15) is 5.82 Å². The summed E-state index contributed by atoms with van der Waals surface area (Å²) in [5.41, 5.74) is 14.8. The van der Waals surface area contributed by atoms with Gasteiger partial charge in [-0.2, -0.15) is 0 Å². The zero-order valence-electron chi connectivity index (χ0n) is 25.2. The molecular weight excluding hydrogens is 562 g/mol. The molecule has 5 rings (SSSR count). The topological polar surface area (TPSA) is 182 Å². The largest absolute Gasteiger partial charge is 0.412 e. The van der Waals surface area contributed by atoms with E-state index in [0.717, 1.165) is 53.2 Å². The summed E-state index contributed by atoms with van der Waals surface area (Å²) >= 11 is 0. The molecule has 1 saturated heterocycles. The number of nitrogens with one attached hydrogen (secondary N) is 2. The smallest absolute Gasteiger partial charge is 0.376 e. The molecule has 0 radical (unpaired) electrons. The van der Waals surface area contributed by atoms with Gasteiger partial charge in [0.15, 0.2) is 0 Å². The maximum Gasteiger partial charge on any atom is 0.412 e. The number of likely N-dealkylation sites (tertiary alicyclic amines) is 1. The molecule has 0 spiro atoms. The number of nitrogens with zero attached hydrogens (tertiary/aromatic N) is 3. The van der Waals surface area contributed by atoms with Crippen molar-refractivity contribution in [2.45, 2.75) is 52.6 Å². The van der Waals surface area contributed by atoms with Crippen LogP contribution in [-0.2, 0) is 9.53 Å². The summed E-state index contributed by atoms with van der Waals surface area (Å²) in [7, 11) is 0. The number of rotatable bonds is 9. The Labute approximate surface area is 255 Å². The Bertz CT molecular complexity index is 1640. The summed E-state index contributed by atoms with van der Waals surface area (Å²) in [5, 5.41) is 0. The lowest BCUT2D eigenvalue weighted by Gasteiger charge is -2.43. The molecule has 1 aliphatic rings. The number of carbonyl (C=O) groups excluding carboxylic acids is 3. The zero-order chi connectivity index (χ0) is 31.6. The second-order valence-electron chi connectivity index (χ2n) is 11.9. The first-order valence-electron chi connectivity index (χ1n) is 14.5. The number of hydrogen-bond acceptors (Lipinski definition) is 8. The van der Waals surface area contributed by atoms with Gasteiger partial charge in [-0.1, -0.05) is 62.4 Å². The van der Waals surface area contributed by atoms with E-state index in [1.165, 1.54) is 0 Å². The fourth-order valence-corrected chi connectivity index (χ4v) is 6.32. The molecule has 6 N–H and O–H groups in total. The van der Waals surface area contributed by atoms with Gasteiger partial charge in [0.2, 0.25) is 0 Å². The number of aromatic nitrogens is 4. The summed E-state index contributed by atoms with van der Waals surface area (Å²) in [4.78, 5) is 52.6. The van der Waals surface area contributed by atoms with E-state index in [-0.39, 0.29) is 24.0 Å². The Kier molecular flexibility index (Phi) is 8.54. The third-order valence-corrected chi connectivity index (χ3v) is 8.13. The maximum atomic E-state index is 12.9. The van der Waals surface area contributed by atoms with Crippen molar-refractivity contribution in [2.24, 2.45) is 22.8 Å². The molecule has 0 saturated carbocycles. The second kappa shape index (κ2) is 12.3. The number of aromatic amines is 2. The SMILES string of the molecule is CC(C)[C@@H](N1CCCC1c1ncc(-c2ccc(-c3ccc(-c4cnc(OC(N)=O)[nH]4)cc3)cc2)[nH]1)C(C)(C)C(=O)OC(N)=O. The summed E-state index contributed by atoms with van der Waals surface area (Å²) in [5.74, 6) is 0.314. The molecule has 230 valence electrons. The van der Waals surface area contributed by atoms with Gasteiger partial charge in [-0.15, -0.1) is 0 Å². The highest BCUT2D eigenvalue weighted by Gasteiger charge is 2.47. The molecule has 3 heterocycles. The van der Waals surface area contributed by atoms with Crippen molar-refractivity contribution in [1.82, 2.24) is 24.8 Å². The number of hydrogen-bond donors (Lipinski definition) is 4. The van der Waals surface area contributed by atoms with Crippen LogP contribution in [0.3, 0.4) is 0 Å². The normalized spacial score (nSPS) is 16.2. The van der Waals surface area contributed by atoms with Crippen LogP contribution in [-0.4, -0.2) is 55.6 Å². The highest BCUT2D eigenvalue weighted by Crippen LogP contribution is 2.41. The first-order valence-corrected chi connectivity index (χ1v) is 14.5. The Morgan fingerprint density at radius 2 is 1.41 bits per heavy atom. The molecular formula is C32H37N7O5. The van der Waals surface area contributed by atoms with E-state index in [4.69, 9.17) is 25.9 Å². The number of primary amides is 2. The van der Waals surface area contributed by atoms with Crippen LogP contribution in [0.25, 0.3) is 33.6 Å². The zero-order valence-corrected chi connectivity index (χ0v) is 25.2. The van der Waals surface area contributed by atoms with Crippen LogP contribution in [0.5, 0.6) is 6.01 Å². The van der Waals surface area contributed by atoms with Crippen molar-refractivity contribution in [3.8, 4) is 39.7 Å². The van der Waals surface area contributed by atoms with Gasteiger partial charge >= 0.3 is 24.2 Å². The lowest BCUT2D eigenvalue weighted by molar-refractivity contribution is -0.153. The molecule has 1 fully saturated rings. The number of carbonyl (C=O) groups is 3. The minimum Gasteiger partial charge on any atom is -0.376 e. The predicted molar refractivity (Wildman–Crippen MR) is 164 cm³/mol. The number of ether oxygens (including phenoxy) is 2. The molecule has 2 aromatic heterocycles. The molecule has 0 aliphatic carbocycles. The Hall–Kier alpha value is -4.97. The molecule has 1 aliphatic heterocycles. The van der Waals surface area contributed by atoms with Crippen LogP contribution in [0.1, 0.15) is 52.4 Å². The highest BCUT2D eigenvalue weighted by atomic mass is 16.6. The minimum atomic E-state index is -1.09. The minimum absolute atomic E-state index is 0.0112. The number of imidazole rings is 2. The van der Waals surface area contributed by atoms with Gasteiger partial charge in [0.05, 0.1) is 35.2 Å². The first-order chi connectivity index (χ1) is 20.9. The molecule has 2 atom stereocenters. The maximum absolute atomic E-state index is 12.9. The molecule has 2 aromatic carbocycles. The van der Waals surface area contributed by atoms with E-state index in [2.05, 4.69) is 58.0 Å². The molecule has 1 unspecified atom stereocenters. The van der Waals surface area contributed by atoms with Crippen LogP contribution in [0.2, 0.25) is 0 Å². The molecule has 4 aromatic rings. The van der Waals surface area contributed by atoms with Crippen molar-refractivity contribution in [1.29, 1.82) is 0 Å². The van der Waals surface area contributed by atoms with E-state index in [0.29, 0.717) is 5.69 Å². The third-order valence-electron chi connectivity index (χ3n) is 8.13. The monoisotopic (exact) mass is 599 g/mol. The summed E-state index contributed by atoms with van der Waals surface area (Å²) in [6.07, 6.45) is 3.25. The van der Waals surface area contributed by atoms with Gasteiger partial charge in [-0.05, 0) is 61.4 Å². The van der Waals surface area contributed by atoms with Crippen LogP contribution < -0.4 is 16.2 Å². The summed E-state index contributed by atoms with van der Waals surface area (Å²) < 4.78 is 9.59.